The largest absolute Gasteiger partial charge is 0.360 e. The molecule has 1 atom stereocenters. The zero-order valence-corrected chi connectivity index (χ0v) is 8.91. The first kappa shape index (κ1) is 9.96. The van der Waals surface area contributed by atoms with E-state index in [-0.39, 0.29) is 5.78 Å². The fraction of sp³-hybridized carbons (Fsp3) is 0.455. The summed E-state index contributed by atoms with van der Waals surface area (Å²) in [4.78, 5) is 11.3. The van der Waals surface area contributed by atoms with Crippen molar-refractivity contribution in [3.8, 4) is 0 Å². The highest BCUT2D eigenvalue weighted by molar-refractivity contribution is 5.91. The molecule has 1 aromatic rings. The molecule has 0 bridgehead atoms. The molecule has 4 nitrogen and oxygen atoms in total. The third-order valence-electron chi connectivity index (χ3n) is 2.37. The second-order valence-electron chi connectivity index (χ2n) is 4.10. The van der Waals surface area contributed by atoms with E-state index in [1.165, 1.54) is 0 Å². The third-order valence-corrected chi connectivity index (χ3v) is 2.37. The molecule has 1 aliphatic rings. The van der Waals surface area contributed by atoms with Gasteiger partial charge in [-0.25, -0.2) is 0 Å². The lowest BCUT2D eigenvalue weighted by Crippen LogP contribution is -2.15. The van der Waals surface area contributed by atoms with Crippen molar-refractivity contribution in [3.05, 3.63) is 23.6 Å². The highest BCUT2D eigenvalue weighted by atomic mass is 16.5. The molecule has 0 spiro atoms. The summed E-state index contributed by atoms with van der Waals surface area (Å²) in [6, 6.07) is 1.81. The average Bonchev–Trinajstić information content (AvgIpc) is 2.49. The van der Waals surface area contributed by atoms with Crippen molar-refractivity contribution in [1.82, 2.24) is 5.16 Å². The maximum Gasteiger partial charge on any atom is 0.173 e. The van der Waals surface area contributed by atoms with Gasteiger partial charge in [0.2, 0.25) is 0 Å². The van der Waals surface area contributed by atoms with Crippen LogP contribution in [0.4, 0.5) is 5.82 Å². The van der Waals surface area contributed by atoms with E-state index in [2.05, 4.69) is 17.4 Å². The highest BCUT2D eigenvalue weighted by Gasteiger charge is 2.17. The van der Waals surface area contributed by atoms with Gasteiger partial charge in [0.1, 0.15) is 5.76 Å². The van der Waals surface area contributed by atoms with Gasteiger partial charge in [0.15, 0.2) is 11.6 Å². The van der Waals surface area contributed by atoms with Gasteiger partial charge in [0.05, 0.1) is 0 Å². The Labute approximate surface area is 88.3 Å². The smallest absolute Gasteiger partial charge is 0.173 e. The summed E-state index contributed by atoms with van der Waals surface area (Å²) >= 11 is 0. The zero-order chi connectivity index (χ0) is 10.8. The summed E-state index contributed by atoms with van der Waals surface area (Å²) in [7, 11) is 0. The number of aryl methyl sites for hydroxylation is 1. The molecule has 1 aliphatic carbocycles. The van der Waals surface area contributed by atoms with Gasteiger partial charge >= 0.3 is 0 Å². The minimum atomic E-state index is 0.177. The fourth-order valence-corrected chi connectivity index (χ4v) is 1.78. The second-order valence-corrected chi connectivity index (χ2v) is 4.10. The van der Waals surface area contributed by atoms with Gasteiger partial charge < -0.3 is 9.84 Å². The van der Waals surface area contributed by atoms with Gasteiger partial charge in [0, 0.05) is 24.3 Å². The molecule has 0 unspecified atom stereocenters. The fourth-order valence-electron chi connectivity index (χ4n) is 1.78. The van der Waals surface area contributed by atoms with E-state index in [1.807, 2.05) is 13.0 Å². The molecule has 80 valence electrons. The Morgan fingerprint density at radius 2 is 2.33 bits per heavy atom. The quantitative estimate of drug-likeness (QED) is 0.806. The molecule has 1 heterocycles. The number of hydrogen-bond acceptors (Lipinski definition) is 4. The van der Waals surface area contributed by atoms with Crippen molar-refractivity contribution < 1.29 is 9.32 Å². The summed E-state index contributed by atoms with van der Waals surface area (Å²) in [5.74, 6) is 2.00. The second kappa shape index (κ2) is 3.88. The van der Waals surface area contributed by atoms with Crippen LogP contribution in [0.25, 0.3) is 0 Å². The number of allylic oxidation sites excluding steroid dienone is 2. The van der Waals surface area contributed by atoms with Crippen LogP contribution in [0.15, 0.2) is 22.4 Å². The van der Waals surface area contributed by atoms with Crippen LogP contribution in [0.2, 0.25) is 0 Å². The highest BCUT2D eigenvalue weighted by Crippen LogP contribution is 2.22. The molecule has 0 amide bonds. The van der Waals surface area contributed by atoms with Crippen LogP contribution in [0, 0.1) is 12.8 Å². The monoisotopic (exact) mass is 206 g/mol. The van der Waals surface area contributed by atoms with Gasteiger partial charge in [-0.3, -0.25) is 4.79 Å². The standard InChI is InChI=1S/C11H14N2O2/c1-7-3-9(6-10(14)4-7)12-11-5-8(2)15-13-11/h5-7H,3-4H2,1-2H3,(H,12,13)/t7-/m0/s1. The topological polar surface area (TPSA) is 55.1 Å². The van der Waals surface area contributed by atoms with Gasteiger partial charge in [0.25, 0.3) is 0 Å². The molecule has 1 aromatic heterocycles. The lowest BCUT2D eigenvalue weighted by molar-refractivity contribution is -0.115. The summed E-state index contributed by atoms with van der Waals surface area (Å²) < 4.78 is 4.94. The first-order valence-corrected chi connectivity index (χ1v) is 5.07. The van der Waals surface area contributed by atoms with Crippen molar-refractivity contribution >= 4 is 11.6 Å². The molecule has 0 aliphatic heterocycles. The SMILES string of the molecule is Cc1cc(NC2=CC(=O)C[C@@H](C)C2)no1. The number of carbonyl (C=O) groups is 1. The number of anilines is 1. The van der Waals surface area contributed by atoms with Crippen molar-refractivity contribution in [2.75, 3.05) is 5.32 Å². The molecule has 0 radical (unpaired) electrons. The molecule has 0 saturated carbocycles. The minimum Gasteiger partial charge on any atom is -0.360 e. The lowest BCUT2D eigenvalue weighted by atomic mass is 9.93. The molecular weight excluding hydrogens is 192 g/mol. The summed E-state index contributed by atoms with van der Waals surface area (Å²) in [5.41, 5.74) is 0.923. The Morgan fingerprint density at radius 3 is 2.93 bits per heavy atom. The molecule has 15 heavy (non-hydrogen) atoms. The zero-order valence-electron chi connectivity index (χ0n) is 8.91. The Kier molecular flexibility index (Phi) is 2.58. The van der Waals surface area contributed by atoms with Gasteiger partial charge in [-0.15, -0.1) is 0 Å². The molecule has 4 heteroatoms. The van der Waals surface area contributed by atoms with Crippen LogP contribution in [0.1, 0.15) is 25.5 Å². The molecule has 2 rings (SSSR count). The van der Waals surface area contributed by atoms with E-state index in [0.717, 1.165) is 17.9 Å². The molecular formula is C11H14N2O2. The Balaban J connectivity index is 2.09. The minimum absolute atomic E-state index is 0.177. The summed E-state index contributed by atoms with van der Waals surface area (Å²) in [6.07, 6.45) is 3.19. The first-order valence-electron chi connectivity index (χ1n) is 5.07. The number of hydrogen-bond donors (Lipinski definition) is 1. The number of nitrogens with zero attached hydrogens (tertiary/aromatic N) is 1. The number of nitrogens with one attached hydrogen (secondary N) is 1. The molecule has 0 fully saturated rings. The maximum absolute atomic E-state index is 11.3. The maximum atomic E-state index is 11.3. The van der Waals surface area contributed by atoms with Crippen LogP contribution < -0.4 is 5.32 Å². The average molecular weight is 206 g/mol. The van der Waals surface area contributed by atoms with Crippen LogP contribution in [-0.2, 0) is 4.79 Å². The van der Waals surface area contributed by atoms with Crippen molar-refractivity contribution in [2.24, 2.45) is 5.92 Å². The first-order chi connectivity index (χ1) is 7.13. The number of carbonyl (C=O) groups excluding carboxylic acids is 1. The Morgan fingerprint density at radius 1 is 1.53 bits per heavy atom. The van der Waals surface area contributed by atoms with Gasteiger partial charge in [-0.1, -0.05) is 12.1 Å². The van der Waals surface area contributed by atoms with Crippen molar-refractivity contribution in [2.45, 2.75) is 26.7 Å². The Bertz CT molecular complexity index is 406. The van der Waals surface area contributed by atoms with E-state index >= 15 is 0 Å². The van der Waals surface area contributed by atoms with Crippen LogP contribution >= 0.6 is 0 Å². The Hall–Kier alpha value is -1.58. The summed E-state index contributed by atoms with van der Waals surface area (Å²) in [6.45, 7) is 3.90. The van der Waals surface area contributed by atoms with E-state index in [9.17, 15) is 4.79 Å². The van der Waals surface area contributed by atoms with E-state index in [0.29, 0.717) is 18.2 Å². The van der Waals surface area contributed by atoms with E-state index in [1.54, 1.807) is 6.08 Å². The summed E-state index contributed by atoms with van der Waals surface area (Å²) in [5, 5.41) is 6.92. The van der Waals surface area contributed by atoms with Crippen LogP contribution in [0.3, 0.4) is 0 Å². The van der Waals surface area contributed by atoms with E-state index < -0.39 is 0 Å². The van der Waals surface area contributed by atoms with E-state index in [4.69, 9.17) is 4.52 Å². The molecule has 0 saturated heterocycles. The number of ketones is 1. The third kappa shape index (κ3) is 2.46. The van der Waals surface area contributed by atoms with Gasteiger partial charge in [-0.2, -0.15) is 0 Å². The van der Waals surface area contributed by atoms with Crippen LogP contribution in [0.5, 0.6) is 0 Å². The predicted octanol–water partition coefficient (Wildman–Crippen LogP) is 2.28. The number of rotatable bonds is 2. The molecule has 0 aromatic carbocycles. The van der Waals surface area contributed by atoms with Crippen LogP contribution in [-0.4, -0.2) is 10.9 Å². The molecule has 1 N–H and O–H groups in total. The number of aromatic nitrogens is 1. The predicted molar refractivity (Wildman–Crippen MR) is 56.4 cm³/mol. The van der Waals surface area contributed by atoms with Crippen molar-refractivity contribution in [1.29, 1.82) is 0 Å². The normalized spacial score (nSPS) is 21.3. The van der Waals surface area contributed by atoms with Gasteiger partial charge in [-0.05, 0) is 19.3 Å². The van der Waals surface area contributed by atoms with Crippen molar-refractivity contribution in [3.63, 3.8) is 0 Å². The lowest BCUT2D eigenvalue weighted by Gasteiger charge is -2.18.